The van der Waals surface area contributed by atoms with Crippen molar-refractivity contribution < 1.29 is 27.9 Å². The Hall–Kier alpha value is -2.83. The summed E-state index contributed by atoms with van der Waals surface area (Å²) in [5, 5.41) is 2.35. The van der Waals surface area contributed by atoms with Crippen LogP contribution < -0.4 is 10.1 Å². The Morgan fingerprint density at radius 2 is 2.14 bits per heavy atom. The molecule has 1 amide bonds. The largest absolute Gasteiger partial charge is 0.494 e. The van der Waals surface area contributed by atoms with E-state index in [1.807, 2.05) is 0 Å². The zero-order valence-electron chi connectivity index (χ0n) is 11.8. The molecular formula is C15H14FNO5. The fourth-order valence-corrected chi connectivity index (χ4v) is 1.66. The molecule has 0 fully saturated rings. The summed E-state index contributed by atoms with van der Waals surface area (Å²) in [6.07, 6.45) is 1.35. The third-order valence-electron chi connectivity index (χ3n) is 2.75. The summed E-state index contributed by atoms with van der Waals surface area (Å²) in [5.74, 6) is -1.48. The van der Waals surface area contributed by atoms with Crippen LogP contribution >= 0.6 is 0 Å². The highest BCUT2D eigenvalue weighted by Crippen LogP contribution is 2.18. The van der Waals surface area contributed by atoms with Gasteiger partial charge in [0.2, 0.25) is 0 Å². The van der Waals surface area contributed by atoms with Crippen molar-refractivity contribution in [2.45, 2.75) is 6.61 Å². The molecule has 1 aromatic carbocycles. The Morgan fingerprint density at radius 3 is 2.77 bits per heavy atom. The molecule has 1 aromatic heterocycles. The number of hydrogen-bond acceptors (Lipinski definition) is 5. The molecule has 0 aliphatic rings. The summed E-state index contributed by atoms with van der Waals surface area (Å²) in [5.41, 5.74) is 0.476. The molecule has 116 valence electrons. The van der Waals surface area contributed by atoms with E-state index in [-0.39, 0.29) is 24.7 Å². The van der Waals surface area contributed by atoms with Gasteiger partial charge in [0.1, 0.15) is 13.2 Å². The van der Waals surface area contributed by atoms with Gasteiger partial charge < -0.3 is 19.2 Å². The normalized spacial score (nSPS) is 10.1. The Balaban J connectivity index is 1.78. The molecule has 0 atom stereocenters. The molecule has 6 nitrogen and oxygen atoms in total. The first-order valence-corrected chi connectivity index (χ1v) is 6.40. The van der Waals surface area contributed by atoms with Gasteiger partial charge in [-0.1, -0.05) is 6.07 Å². The molecule has 2 aromatic rings. The van der Waals surface area contributed by atoms with Crippen LogP contribution in [0, 0.1) is 5.82 Å². The number of ether oxygens (including phenoxy) is 2. The SMILES string of the molecule is COc1ccc(COC(=O)CNC(=O)c2ccco2)cc1F. The molecule has 1 heterocycles. The van der Waals surface area contributed by atoms with Crippen molar-refractivity contribution in [1.82, 2.24) is 5.32 Å². The van der Waals surface area contributed by atoms with Crippen LogP contribution in [0.15, 0.2) is 41.0 Å². The highest BCUT2D eigenvalue weighted by atomic mass is 19.1. The van der Waals surface area contributed by atoms with Gasteiger partial charge in [-0.15, -0.1) is 0 Å². The molecular weight excluding hydrogens is 293 g/mol. The number of benzene rings is 1. The summed E-state index contributed by atoms with van der Waals surface area (Å²) in [7, 11) is 1.36. The maximum atomic E-state index is 13.5. The van der Waals surface area contributed by atoms with Gasteiger partial charge in [0.25, 0.3) is 5.91 Å². The molecule has 0 saturated carbocycles. The van der Waals surface area contributed by atoms with Crippen LogP contribution in [-0.4, -0.2) is 25.5 Å². The summed E-state index contributed by atoms with van der Waals surface area (Å²) < 4.78 is 28.0. The number of carbonyl (C=O) groups is 2. The number of furan rings is 1. The number of hydrogen-bond donors (Lipinski definition) is 1. The van der Waals surface area contributed by atoms with Gasteiger partial charge in [0.15, 0.2) is 17.3 Å². The molecule has 0 aliphatic carbocycles. The number of rotatable bonds is 6. The molecule has 1 N–H and O–H groups in total. The van der Waals surface area contributed by atoms with E-state index in [0.717, 1.165) is 0 Å². The smallest absolute Gasteiger partial charge is 0.325 e. The molecule has 0 spiro atoms. The first kappa shape index (κ1) is 15.6. The molecule has 0 saturated heterocycles. The fourth-order valence-electron chi connectivity index (χ4n) is 1.66. The lowest BCUT2D eigenvalue weighted by molar-refractivity contribution is -0.143. The Bertz CT molecular complexity index is 654. The fraction of sp³-hybridized carbons (Fsp3) is 0.200. The number of esters is 1. The van der Waals surface area contributed by atoms with Crippen molar-refractivity contribution in [2.75, 3.05) is 13.7 Å². The number of carbonyl (C=O) groups excluding carboxylic acids is 2. The van der Waals surface area contributed by atoms with E-state index in [1.165, 1.54) is 31.6 Å². The second-order valence-electron chi connectivity index (χ2n) is 4.29. The third-order valence-corrected chi connectivity index (χ3v) is 2.75. The maximum Gasteiger partial charge on any atom is 0.325 e. The quantitative estimate of drug-likeness (QED) is 0.825. The van der Waals surface area contributed by atoms with Crippen LogP contribution in [0.3, 0.4) is 0 Å². The molecule has 0 aliphatic heterocycles. The predicted molar refractivity (Wildman–Crippen MR) is 73.8 cm³/mol. The zero-order valence-corrected chi connectivity index (χ0v) is 11.8. The van der Waals surface area contributed by atoms with Gasteiger partial charge in [0, 0.05) is 0 Å². The molecule has 0 radical (unpaired) electrons. The van der Waals surface area contributed by atoms with E-state index in [0.29, 0.717) is 5.56 Å². The highest BCUT2D eigenvalue weighted by Gasteiger charge is 2.11. The number of amides is 1. The number of halogens is 1. The first-order valence-electron chi connectivity index (χ1n) is 6.40. The second-order valence-corrected chi connectivity index (χ2v) is 4.29. The Labute approximate surface area is 125 Å². The third kappa shape index (κ3) is 4.08. The summed E-state index contributed by atoms with van der Waals surface area (Å²) in [4.78, 5) is 23.0. The monoisotopic (exact) mass is 307 g/mol. The molecule has 22 heavy (non-hydrogen) atoms. The minimum atomic E-state index is -0.642. The van der Waals surface area contributed by atoms with Gasteiger partial charge in [-0.2, -0.15) is 0 Å². The van der Waals surface area contributed by atoms with Crippen molar-refractivity contribution in [1.29, 1.82) is 0 Å². The first-order chi connectivity index (χ1) is 10.6. The lowest BCUT2D eigenvalue weighted by Gasteiger charge is -2.07. The minimum Gasteiger partial charge on any atom is -0.494 e. The van der Waals surface area contributed by atoms with Crippen LogP contribution in [0.4, 0.5) is 4.39 Å². The molecule has 7 heteroatoms. The van der Waals surface area contributed by atoms with E-state index >= 15 is 0 Å². The lowest BCUT2D eigenvalue weighted by Crippen LogP contribution is -2.30. The number of methoxy groups -OCH3 is 1. The molecule has 0 bridgehead atoms. The lowest BCUT2D eigenvalue weighted by atomic mass is 10.2. The molecule has 0 unspecified atom stereocenters. The van der Waals surface area contributed by atoms with Crippen LogP contribution in [0.2, 0.25) is 0 Å². The topological polar surface area (TPSA) is 77.8 Å². The van der Waals surface area contributed by atoms with E-state index in [1.54, 1.807) is 12.1 Å². The van der Waals surface area contributed by atoms with Gasteiger partial charge in [-0.05, 0) is 29.8 Å². The summed E-state index contributed by atoms with van der Waals surface area (Å²) in [6, 6.07) is 7.27. The van der Waals surface area contributed by atoms with E-state index in [4.69, 9.17) is 13.9 Å². The van der Waals surface area contributed by atoms with Crippen LogP contribution in [0.25, 0.3) is 0 Å². The zero-order chi connectivity index (χ0) is 15.9. The van der Waals surface area contributed by atoms with Crippen molar-refractivity contribution in [3.05, 3.63) is 53.7 Å². The summed E-state index contributed by atoms with van der Waals surface area (Å²) in [6.45, 7) is -0.408. The van der Waals surface area contributed by atoms with Gasteiger partial charge in [-0.25, -0.2) is 4.39 Å². The highest BCUT2D eigenvalue weighted by molar-refractivity contribution is 5.93. The maximum absolute atomic E-state index is 13.5. The number of nitrogens with one attached hydrogen (secondary N) is 1. The van der Waals surface area contributed by atoms with Crippen LogP contribution in [0.1, 0.15) is 16.1 Å². The van der Waals surface area contributed by atoms with Gasteiger partial charge in [-0.3, -0.25) is 9.59 Å². The van der Waals surface area contributed by atoms with Crippen molar-refractivity contribution in [2.24, 2.45) is 0 Å². The second kappa shape index (κ2) is 7.26. The summed E-state index contributed by atoms with van der Waals surface area (Å²) >= 11 is 0. The van der Waals surface area contributed by atoms with Crippen molar-refractivity contribution in [3.8, 4) is 5.75 Å². The van der Waals surface area contributed by atoms with Crippen LogP contribution in [-0.2, 0) is 16.1 Å². The Morgan fingerprint density at radius 1 is 1.32 bits per heavy atom. The van der Waals surface area contributed by atoms with E-state index < -0.39 is 17.7 Å². The van der Waals surface area contributed by atoms with Gasteiger partial charge >= 0.3 is 5.97 Å². The van der Waals surface area contributed by atoms with Crippen molar-refractivity contribution >= 4 is 11.9 Å². The Kier molecular flexibility index (Phi) is 5.13. The van der Waals surface area contributed by atoms with Crippen molar-refractivity contribution in [3.63, 3.8) is 0 Å². The van der Waals surface area contributed by atoms with E-state index in [2.05, 4.69) is 5.32 Å². The average molecular weight is 307 g/mol. The van der Waals surface area contributed by atoms with Gasteiger partial charge in [0.05, 0.1) is 13.4 Å². The molecule has 2 rings (SSSR count). The average Bonchev–Trinajstić information content (AvgIpc) is 3.05. The van der Waals surface area contributed by atoms with E-state index in [9.17, 15) is 14.0 Å². The standard InChI is InChI=1S/C15H14FNO5/c1-20-12-5-4-10(7-11(12)16)9-22-14(18)8-17-15(19)13-3-2-6-21-13/h2-7H,8-9H2,1H3,(H,17,19). The van der Waals surface area contributed by atoms with Crippen LogP contribution in [0.5, 0.6) is 5.75 Å². The minimum absolute atomic E-state index is 0.101. The predicted octanol–water partition coefficient (Wildman–Crippen LogP) is 1.90.